The Balaban J connectivity index is 2.26. The summed E-state index contributed by atoms with van der Waals surface area (Å²) in [6.07, 6.45) is 3.69. The lowest BCUT2D eigenvalue weighted by Crippen LogP contribution is -2.23. The van der Waals surface area contributed by atoms with Gasteiger partial charge in [-0.3, -0.25) is 14.9 Å². The molecule has 0 atom stereocenters. The van der Waals surface area contributed by atoms with Gasteiger partial charge in [0.15, 0.2) is 0 Å². The molecule has 0 saturated heterocycles. The normalized spacial score (nSPS) is 10.8. The summed E-state index contributed by atoms with van der Waals surface area (Å²) < 4.78 is 1.39. The molecule has 0 aliphatic carbocycles. The molecule has 102 valence electrons. The van der Waals surface area contributed by atoms with Crippen molar-refractivity contribution in [1.82, 2.24) is 4.57 Å². The smallest absolute Gasteiger partial charge is 0.303 e. The Morgan fingerprint density at radius 1 is 1.20 bits per heavy atom. The molecule has 20 heavy (non-hydrogen) atoms. The molecule has 0 radical (unpaired) electrons. The van der Waals surface area contributed by atoms with Crippen LogP contribution < -0.4 is 5.56 Å². The van der Waals surface area contributed by atoms with Crippen molar-refractivity contribution in [3.63, 3.8) is 0 Å². The second kappa shape index (κ2) is 5.97. The van der Waals surface area contributed by atoms with E-state index in [-0.39, 0.29) is 0 Å². The quantitative estimate of drug-likeness (QED) is 0.633. The number of nitro groups is 1. The van der Waals surface area contributed by atoms with Crippen LogP contribution in [0.15, 0.2) is 53.3 Å². The minimum absolute atomic E-state index is 0.307. The van der Waals surface area contributed by atoms with Crippen LogP contribution in [0, 0.1) is 17.0 Å². The predicted octanol–water partition coefficient (Wildman–Crippen LogP) is 2.78. The van der Waals surface area contributed by atoms with E-state index < -0.39 is 16.2 Å². The number of hydrogen-bond donors (Lipinski definition) is 0. The molecule has 2 rings (SSSR count). The molecule has 0 aliphatic heterocycles. The maximum absolute atomic E-state index is 12.0. The van der Waals surface area contributed by atoms with Gasteiger partial charge in [-0.25, -0.2) is 0 Å². The number of benzene rings is 1. The van der Waals surface area contributed by atoms with E-state index in [2.05, 4.69) is 0 Å². The van der Waals surface area contributed by atoms with Crippen molar-refractivity contribution in [2.75, 3.05) is 0 Å². The molecule has 1 heterocycles. The van der Waals surface area contributed by atoms with Crippen molar-refractivity contribution in [3.8, 4) is 0 Å². The summed E-state index contributed by atoms with van der Waals surface area (Å²) in [4.78, 5) is 22.1. The molecule has 0 amide bonds. The van der Waals surface area contributed by atoms with Crippen LogP contribution in [0.3, 0.4) is 0 Å². The van der Waals surface area contributed by atoms with Gasteiger partial charge in [0.05, 0.1) is 4.92 Å². The Morgan fingerprint density at radius 3 is 2.55 bits per heavy atom. The first-order valence-corrected chi connectivity index (χ1v) is 6.16. The molecule has 1 aromatic heterocycles. The number of hydrogen-bond acceptors (Lipinski definition) is 3. The summed E-state index contributed by atoms with van der Waals surface area (Å²) in [7, 11) is 0. The van der Waals surface area contributed by atoms with E-state index in [0.29, 0.717) is 12.2 Å². The third-order valence-electron chi connectivity index (χ3n) is 2.97. The SMILES string of the molecule is Cc1ccc([N+](=O)[O-])c(=O)n1C/C=C/c1ccccc1. The molecule has 0 bridgehead atoms. The van der Waals surface area contributed by atoms with Crippen LogP contribution in [0.2, 0.25) is 0 Å². The topological polar surface area (TPSA) is 65.1 Å². The zero-order valence-corrected chi connectivity index (χ0v) is 11.0. The van der Waals surface area contributed by atoms with Gasteiger partial charge in [0, 0.05) is 18.3 Å². The van der Waals surface area contributed by atoms with Crippen LogP contribution in [0.5, 0.6) is 0 Å². The molecule has 0 aliphatic rings. The third-order valence-corrected chi connectivity index (χ3v) is 2.97. The second-order valence-electron chi connectivity index (χ2n) is 4.35. The number of rotatable bonds is 4. The van der Waals surface area contributed by atoms with Gasteiger partial charge in [0.1, 0.15) is 0 Å². The lowest BCUT2D eigenvalue weighted by molar-refractivity contribution is -0.386. The lowest BCUT2D eigenvalue weighted by atomic mass is 10.2. The predicted molar refractivity (Wildman–Crippen MR) is 77.6 cm³/mol. The fourth-order valence-electron chi connectivity index (χ4n) is 1.88. The molecular formula is C15H14N2O3. The first-order valence-electron chi connectivity index (χ1n) is 6.16. The van der Waals surface area contributed by atoms with Crippen LogP contribution in [-0.2, 0) is 6.54 Å². The van der Waals surface area contributed by atoms with Crippen molar-refractivity contribution in [3.05, 3.63) is 80.3 Å². The van der Waals surface area contributed by atoms with Gasteiger partial charge in [0.2, 0.25) is 0 Å². The molecule has 5 heteroatoms. The number of allylic oxidation sites excluding steroid dienone is 1. The van der Waals surface area contributed by atoms with Gasteiger partial charge >= 0.3 is 11.2 Å². The molecule has 0 spiro atoms. The number of pyridine rings is 1. The lowest BCUT2D eigenvalue weighted by Gasteiger charge is -2.06. The van der Waals surface area contributed by atoms with Gasteiger partial charge in [-0.15, -0.1) is 0 Å². The minimum atomic E-state index is -0.654. The van der Waals surface area contributed by atoms with Crippen LogP contribution in [0.4, 0.5) is 5.69 Å². The van der Waals surface area contributed by atoms with E-state index >= 15 is 0 Å². The van der Waals surface area contributed by atoms with Crippen LogP contribution in [0.1, 0.15) is 11.3 Å². The molecule has 2 aromatic rings. The van der Waals surface area contributed by atoms with Crippen molar-refractivity contribution in [1.29, 1.82) is 0 Å². The van der Waals surface area contributed by atoms with E-state index in [1.807, 2.05) is 42.5 Å². The van der Waals surface area contributed by atoms with Crippen LogP contribution >= 0.6 is 0 Å². The highest BCUT2D eigenvalue weighted by Crippen LogP contribution is 2.07. The third kappa shape index (κ3) is 3.00. The van der Waals surface area contributed by atoms with Gasteiger partial charge in [0.25, 0.3) is 0 Å². The molecule has 0 fully saturated rings. The number of aryl methyl sites for hydroxylation is 1. The monoisotopic (exact) mass is 270 g/mol. The van der Waals surface area contributed by atoms with Crippen LogP contribution in [0.25, 0.3) is 6.08 Å². The standard InChI is InChI=1S/C15H14N2O3/c1-12-9-10-14(17(19)20)15(18)16(12)11-5-8-13-6-3-2-4-7-13/h2-10H,11H2,1H3/b8-5+. The van der Waals surface area contributed by atoms with Crippen molar-refractivity contribution in [2.24, 2.45) is 0 Å². The van der Waals surface area contributed by atoms with E-state index in [0.717, 1.165) is 5.56 Å². The van der Waals surface area contributed by atoms with Gasteiger partial charge in [-0.2, -0.15) is 0 Å². The summed E-state index contributed by atoms with van der Waals surface area (Å²) in [6.45, 7) is 2.06. The van der Waals surface area contributed by atoms with Gasteiger partial charge in [-0.05, 0) is 18.6 Å². The first-order chi connectivity index (χ1) is 9.59. The second-order valence-corrected chi connectivity index (χ2v) is 4.35. The van der Waals surface area contributed by atoms with Crippen molar-refractivity contribution >= 4 is 11.8 Å². The van der Waals surface area contributed by atoms with E-state index in [1.165, 1.54) is 10.6 Å². The molecule has 1 aromatic carbocycles. The molecular weight excluding hydrogens is 256 g/mol. The zero-order chi connectivity index (χ0) is 14.5. The molecule has 0 N–H and O–H groups in total. The maximum atomic E-state index is 12.0. The number of nitrogens with zero attached hydrogens (tertiary/aromatic N) is 2. The highest BCUT2D eigenvalue weighted by molar-refractivity contribution is 5.48. The van der Waals surface area contributed by atoms with Gasteiger partial charge in [-0.1, -0.05) is 42.5 Å². The Labute approximate surface area is 116 Å². The Bertz CT molecular complexity index is 703. The van der Waals surface area contributed by atoms with E-state index in [9.17, 15) is 14.9 Å². The van der Waals surface area contributed by atoms with Gasteiger partial charge < -0.3 is 4.57 Å². The van der Waals surface area contributed by atoms with Crippen molar-refractivity contribution in [2.45, 2.75) is 13.5 Å². The Kier molecular flexibility index (Phi) is 4.10. The highest BCUT2D eigenvalue weighted by atomic mass is 16.6. The average Bonchev–Trinajstić information content (AvgIpc) is 2.43. The highest BCUT2D eigenvalue weighted by Gasteiger charge is 2.14. The Morgan fingerprint density at radius 2 is 1.90 bits per heavy atom. The average molecular weight is 270 g/mol. The fraction of sp³-hybridized carbons (Fsp3) is 0.133. The Hall–Kier alpha value is -2.69. The summed E-state index contributed by atoms with van der Waals surface area (Å²) in [5.41, 5.74) is 0.735. The maximum Gasteiger partial charge on any atom is 0.334 e. The minimum Gasteiger partial charge on any atom is -0.303 e. The van der Waals surface area contributed by atoms with Crippen LogP contribution in [-0.4, -0.2) is 9.49 Å². The number of aromatic nitrogens is 1. The summed E-state index contributed by atoms with van der Waals surface area (Å²) in [6, 6.07) is 12.5. The molecule has 0 saturated carbocycles. The largest absolute Gasteiger partial charge is 0.334 e. The summed E-state index contributed by atoms with van der Waals surface area (Å²) in [5.74, 6) is 0. The molecule has 0 unspecified atom stereocenters. The van der Waals surface area contributed by atoms with E-state index in [1.54, 1.807) is 13.0 Å². The summed E-state index contributed by atoms with van der Waals surface area (Å²) >= 11 is 0. The zero-order valence-electron chi connectivity index (χ0n) is 11.0. The fourth-order valence-corrected chi connectivity index (χ4v) is 1.88. The van der Waals surface area contributed by atoms with E-state index in [4.69, 9.17) is 0 Å². The first kappa shape index (κ1) is 13.7. The molecule has 5 nitrogen and oxygen atoms in total. The summed E-state index contributed by atoms with van der Waals surface area (Å²) in [5, 5.41) is 10.8. The van der Waals surface area contributed by atoms with Crippen molar-refractivity contribution < 1.29 is 4.92 Å².